The van der Waals surface area contributed by atoms with Crippen molar-refractivity contribution >= 4 is 0 Å². The highest BCUT2D eigenvalue weighted by Crippen LogP contribution is 2.34. The van der Waals surface area contributed by atoms with Crippen molar-refractivity contribution in [3.63, 3.8) is 0 Å². The monoisotopic (exact) mass is 158 g/mol. The molecule has 0 aromatic heterocycles. The number of ether oxygens (including phenoxy) is 1. The third-order valence-electron chi connectivity index (χ3n) is 2.41. The molecule has 2 heteroatoms. The summed E-state index contributed by atoms with van der Waals surface area (Å²) >= 11 is 0. The van der Waals surface area contributed by atoms with E-state index in [-0.39, 0.29) is 12.2 Å². The van der Waals surface area contributed by atoms with Gasteiger partial charge in [0.15, 0.2) is 0 Å². The van der Waals surface area contributed by atoms with Gasteiger partial charge in [-0.05, 0) is 18.8 Å². The second-order valence-electron chi connectivity index (χ2n) is 3.43. The van der Waals surface area contributed by atoms with Crippen LogP contribution in [0, 0.1) is 5.92 Å². The molecule has 66 valence electrons. The fourth-order valence-corrected chi connectivity index (χ4v) is 1.44. The van der Waals surface area contributed by atoms with Crippen LogP contribution in [-0.2, 0) is 4.74 Å². The van der Waals surface area contributed by atoms with Crippen LogP contribution in [0.2, 0.25) is 0 Å². The Morgan fingerprint density at radius 3 is 2.55 bits per heavy atom. The normalized spacial score (nSPS) is 23.2. The molecule has 0 aromatic carbocycles. The summed E-state index contributed by atoms with van der Waals surface area (Å²) in [5, 5.41) is 9.59. The first kappa shape index (κ1) is 9.01. The number of hydrogen-bond donors (Lipinski definition) is 1. The Balaban J connectivity index is 2.18. The van der Waals surface area contributed by atoms with Crippen molar-refractivity contribution in [1.29, 1.82) is 0 Å². The van der Waals surface area contributed by atoms with Crippen molar-refractivity contribution < 1.29 is 9.84 Å². The van der Waals surface area contributed by atoms with E-state index in [0.717, 1.165) is 18.8 Å². The first-order valence-electron chi connectivity index (χ1n) is 4.48. The van der Waals surface area contributed by atoms with Crippen molar-refractivity contribution in [2.24, 2.45) is 5.92 Å². The Labute approximate surface area is 68.6 Å². The molecule has 0 saturated heterocycles. The maximum absolute atomic E-state index is 9.59. The number of aliphatic hydroxyl groups excluding tert-OH is 1. The van der Waals surface area contributed by atoms with Gasteiger partial charge < -0.3 is 9.84 Å². The number of methoxy groups -OCH3 is 1. The second kappa shape index (κ2) is 4.07. The predicted molar refractivity (Wildman–Crippen MR) is 44.4 cm³/mol. The van der Waals surface area contributed by atoms with Gasteiger partial charge in [-0.15, -0.1) is 0 Å². The molecule has 0 aromatic rings. The van der Waals surface area contributed by atoms with E-state index in [0.29, 0.717) is 0 Å². The predicted octanol–water partition coefficient (Wildman–Crippen LogP) is 1.57. The molecule has 0 spiro atoms. The summed E-state index contributed by atoms with van der Waals surface area (Å²) in [4.78, 5) is 0. The molecule has 2 unspecified atom stereocenters. The summed E-state index contributed by atoms with van der Waals surface area (Å²) in [6.07, 6.45) is 4.26. The topological polar surface area (TPSA) is 29.5 Å². The van der Waals surface area contributed by atoms with Crippen LogP contribution in [0.25, 0.3) is 0 Å². The lowest BCUT2D eigenvalue weighted by Gasteiger charge is -2.19. The molecular formula is C9H18O2. The molecule has 0 heterocycles. The zero-order chi connectivity index (χ0) is 8.27. The highest BCUT2D eigenvalue weighted by Gasteiger charge is 2.27. The van der Waals surface area contributed by atoms with Crippen LogP contribution in [0.3, 0.4) is 0 Å². The number of aliphatic hydroxyl groups is 1. The number of rotatable bonds is 5. The lowest BCUT2D eigenvalue weighted by atomic mass is 10.1. The lowest BCUT2D eigenvalue weighted by molar-refractivity contribution is -0.0196. The van der Waals surface area contributed by atoms with Crippen LogP contribution in [0.4, 0.5) is 0 Å². The summed E-state index contributed by atoms with van der Waals surface area (Å²) in [7, 11) is 1.67. The molecule has 1 N–H and O–H groups in total. The lowest BCUT2D eigenvalue weighted by Crippen LogP contribution is -2.27. The van der Waals surface area contributed by atoms with Crippen LogP contribution in [0.1, 0.15) is 32.6 Å². The zero-order valence-electron chi connectivity index (χ0n) is 7.42. The molecule has 2 nitrogen and oxygen atoms in total. The molecule has 0 amide bonds. The molecule has 11 heavy (non-hydrogen) atoms. The van der Waals surface area contributed by atoms with E-state index < -0.39 is 0 Å². The molecule has 1 aliphatic rings. The molecule has 1 aliphatic carbocycles. The van der Waals surface area contributed by atoms with Crippen LogP contribution >= 0.6 is 0 Å². The average molecular weight is 158 g/mol. The van der Waals surface area contributed by atoms with Crippen LogP contribution in [0.15, 0.2) is 0 Å². The minimum atomic E-state index is -0.238. The number of hydrogen-bond acceptors (Lipinski definition) is 2. The van der Waals surface area contributed by atoms with Gasteiger partial charge in [-0.3, -0.25) is 0 Å². The van der Waals surface area contributed by atoms with Crippen molar-refractivity contribution in [1.82, 2.24) is 0 Å². The molecule has 1 saturated carbocycles. The van der Waals surface area contributed by atoms with E-state index in [1.807, 2.05) is 6.92 Å². The molecule has 1 rings (SSSR count). The van der Waals surface area contributed by atoms with Gasteiger partial charge in [-0.25, -0.2) is 0 Å². The average Bonchev–Trinajstić information content (AvgIpc) is 2.74. The minimum Gasteiger partial charge on any atom is -0.390 e. The van der Waals surface area contributed by atoms with Crippen molar-refractivity contribution in [3.8, 4) is 0 Å². The van der Waals surface area contributed by atoms with E-state index >= 15 is 0 Å². The summed E-state index contributed by atoms with van der Waals surface area (Å²) < 4.78 is 5.14. The summed E-state index contributed by atoms with van der Waals surface area (Å²) in [5.74, 6) is 0.786. The third kappa shape index (κ3) is 2.80. The van der Waals surface area contributed by atoms with E-state index in [4.69, 9.17) is 4.74 Å². The summed E-state index contributed by atoms with van der Waals surface area (Å²) in [6, 6.07) is 0. The van der Waals surface area contributed by atoms with Gasteiger partial charge >= 0.3 is 0 Å². The van der Waals surface area contributed by atoms with Gasteiger partial charge in [0.1, 0.15) is 0 Å². The Kier molecular flexibility index (Phi) is 3.34. The Morgan fingerprint density at radius 1 is 1.55 bits per heavy atom. The Hall–Kier alpha value is -0.0800. The highest BCUT2D eigenvalue weighted by atomic mass is 16.5. The second-order valence-corrected chi connectivity index (χ2v) is 3.43. The van der Waals surface area contributed by atoms with E-state index in [1.165, 1.54) is 12.8 Å². The molecule has 0 aliphatic heterocycles. The van der Waals surface area contributed by atoms with E-state index in [1.54, 1.807) is 7.11 Å². The molecular weight excluding hydrogens is 140 g/mol. The van der Waals surface area contributed by atoms with Gasteiger partial charge in [0.05, 0.1) is 12.2 Å². The molecule has 1 fully saturated rings. The van der Waals surface area contributed by atoms with Crippen LogP contribution in [0.5, 0.6) is 0 Å². The van der Waals surface area contributed by atoms with Gasteiger partial charge in [0.2, 0.25) is 0 Å². The summed E-state index contributed by atoms with van der Waals surface area (Å²) in [5.41, 5.74) is 0. The van der Waals surface area contributed by atoms with Crippen LogP contribution in [-0.4, -0.2) is 24.4 Å². The van der Waals surface area contributed by atoms with Crippen molar-refractivity contribution in [3.05, 3.63) is 0 Å². The zero-order valence-corrected chi connectivity index (χ0v) is 7.42. The first-order valence-corrected chi connectivity index (χ1v) is 4.48. The standard InChI is InChI=1S/C9H18O2/c1-3-9(11-2)8(10)6-7-4-5-7/h7-10H,3-6H2,1-2H3. The smallest absolute Gasteiger partial charge is 0.0827 e. The van der Waals surface area contributed by atoms with E-state index in [2.05, 4.69) is 0 Å². The van der Waals surface area contributed by atoms with Gasteiger partial charge in [-0.2, -0.15) is 0 Å². The molecule has 0 radical (unpaired) electrons. The fourth-order valence-electron chi connectivity index (χ4n) is 1.44. The van der Waals surface area contributed by atoms with Crippen molar-refractivity contribution in [2.45, 2.75) is 44.8 Å². The van der Waals surface area contributed by atoms with Gasteiger partial charge in [-0.1, -0.05) is 19.8 Å². The molecule has 2 atom stereocenters. The van der Waals surface area contributed by atoms with Crippen molar-refractivity contribution in [2.75, 3.05) is 7.11 Å². The minimum absolute atomic E-state index is 0.0515. The largest absolute Gasteiger partial charge is 0.390 e. The maximum Gasteiger partial charge on any atom is 0.0827 e. The third-order valence-corrected chi connectivity index (χ3v) is 2.41. The summed E-state index contributed by atoms with van der Waals surface area (Å²) in [6.45, 7) is 2.05. The highest BCUT2D eigenvalue weighted by molar-refractivity contribution is 4.79. The Morgan fingerprint density at radius 2 is 2.18 bits per heavy atom. The first-order chi connectivity index (χ1) is 5.27. The quantitative estimate of drug-likeness (QED) is 0.658. The Bertz CT molecular complexity index is 106. The van der Waals surface area contributed by atoms with Gasteiger partial charge in [0.25, 0.3) is 0 Å². The molecule has 0 bridgehead atoms. The maximum atomic E-state index is 9.59. The SMILES string of the molecule is CCC(OC)C(O)CC1CC1. The van der Waals surface area contributed by atoms with Crippen LogP contribution < -0.4 is 0 Å². The van der Waals surface area contributed by atoms with E-state index in [9.17, 15) is 5.11 Å². The fraction of sp³-hybridized carbons (Fsp3) is 1.00. The van der Waals surface area contributed by atoms with Gasteiger partial charge in [0, 0.05) is 7.11 Å².